The Kier molecular flexibility index (Phi) is 6.67. The molecule has 4 heteroatoms. The van der Waals surface area contributed by atoms with E-state index in [2.05, 4.69) is 12.2 Å². The molecule has 128 valence electrons. The number of aryl methyl sites for hydroxylation is 1. The van der Waals surface area contributed by atoms with E-state index in [0.29, 0.717) is 30.3 Å². The van der Waals surface area contributed by atoms with E-state index in [1.165, 1.54) is 0 Å². The summed E-state index contributed by atoms with van der Waals surface area (Å²) in [4.78, 5) is 12.5. The molecule has 1 N–H and O–H groups in total. The van der Waals surface area contributed by atoms with Crippen molar-refractivity contribution in [3.63, 3.8) is 0 Å². The maximum Gasteiger partial charge on any atom is 0.255 e. The van der Waals surface area contributed by atoms with Crippen LogP contribution in [0, 0.1) is 6.92 Å². The van der Waals surface area contributed by atoms with E-state index in [0.717, 1.165) is 24.1 Å². The van der Waals surface area contributed by atoms with E-state index in [4.69, 9.17) is 9.47 Å². The van der Waals surface area contributed by atoms with E-state index >= 15 is 0 Å². The van der Waals surface area contributed by atoms with Gasteiger partial charge in [0.2, 0.25) is 0 Å². The molecule has 0 aromatic heterocycles. The number of anilines is 1. The van der Waals surface area contributed by atoms with Gasteiger partial charge in [0.15, 0.2) is 11.5 Å². The van der Waals surface area contributed by atoms with Crippen LogP contribution >= 0.6 is 0 Å². The van der Waals surface area contributed by atoms with Crippen molar-refractivity contribution in [2.24, 2.45) is 0 Å². The second kappa shape index (κ2) is 8.96. The fraction of sp³-hybridized carbons (Fsp3) is 0.350. The van der Waals surface area contributed by atoms with Gasteiger partial charge in [0, 0.05) is 11.3 Å². The fourth-order valence-corrected chi connectivity index (χ4v) is 2.21. The molecule has 0 aliphatic carbocycles. The number of para-hydroxylation sites is 1. The molecule has 0 saturated heterocycles. The third-order valence-corrected chi connectivity index (χ3v) is 3.52. The first-order valence-electron chi connectivity index (χ1n) is 8.42. The maximum absolute atomic E-state index is 12.5. The highest BCUT2D eigenvalue weighted by Crippen LogP contribution is 2.29. The highest BCUT2D eigenvalue weighted by atomic mass is 16.5. The van der Waals surface area contributed by atoms with Crippen LogP contribution in [0.15, 0.2) is 42.5 Å². The molecule has 0 bridgehead atoms. The number of carbonyl (C=O) groups is 1. The van der Waals surface area contributed by atoms with Crippen molar-refractivity contribution < 1.29 is 14.3 Å². The average Bonchev–Trinajstić information content (AvgIpc) is 2.60. The number of hydrogen-bond donors (Lipinski definition) is 1. The summed E-state index contributed by atoms with van der Waals surface area (Å²) in [5.74, 6) is 1.13. The Morgan fingerprint density at radius 1 is 0.958 bits per heavy atom. The van der Waals surface area contributed by atoms with Gasteiger partial charge >= 0.3 is 0 Å². The Morgan fingerprint density at radius 2 is 1.62 bits per heavy atom. The molecule has 24 heavy (non-hydrogen) atoms. The van der Waals surface area contributed by atoms with Crippen molar-refractivity contribution in [2.45, 2.75) is 33.6 Å². The van der Waals surface area contributed by atoms with Crippen LogP contribution in [0.3, 0.4) is 0 Å². The minimum Gasteiger partial charge on any atom is -0.490 e. The molecule has 2 rings (SSSR count). The van der Waals surface area contributed by atoms with Crippen molar-refractivity contribution in [1.29, 1.82) is 0 Å². The summed E-state index contributed by atoms with van der Waals surface area (Å²) < 4.78 is 11.4. The van der Waals surface area contributed by atoms with Gasteiger partial charge in [-0.05, 0) is 49.6 Å². The summed E-state index contributed by atoms with van der Waals surface area (Å²) in [6, 6.07) is 13.0. The lowest BCUT2D eigenvalue weighted by Crippen LogP contribution is -2.13. The average molecular weight is 327 g/mol. The van der Waals surface area contributed by atoms with Crippen LogP contribution in [-0.2, 0) is 0 Å². The fourth-order valence-electron chi connectivity index (χ4n) is 2.21. The molecular weight excluding hydrogens is 302 g/mol. The Balaban J connectivity index is 2.19. The second-order valence-corrected chi connectivity index (χ2v) is 5.63. The first-order valence-corrected chi connectivity index (χ1v) is 8.42. The minimum atomic E-state index is -0.160. The zero-order valence-corrected chi connectivity index (χ0v) is 14.6. The molecule has 0 spiro atoms. The quantitative estimate of drug-likeness (QED) is 0.756. The first kappa shape index (κ1) is 17.9. The monoisotopic (exact) mass is 327 g/mol. The molecule has 0 radical (unpaired) electrons. The lowest BCUT2D eigenvalue weighted by molar-refractivity contribution is 0.102. The van der Waals surface area contributed by atoms with Gasteiger partial charge in [-0.25, -0.2) is 0 Å². The van der Waals surface area contributed by atoms with E-state index in [-0.39, 0.29) is 5.91 Å². The summed E-state index contributed by atoms with van der Waals surface area (Å²) in [7, 11) is 0. The lowest BCUT2D eigenvalue weighted by Gasteiger charge is -2.14. The van der Waals surface area contributed by atoms with Crippen LogP contribution in [0.2, 0.25) is 0 Å². The molecule has 2 aromatic rings. The molecule has 1 amide bonds. The third-order valence-electron chi connectivity index (χ3n) is 3.52. The predicted molar refractivity (Wildman–Crippen MR) is 97.1 cm³/mol. The normalized spacial score (nSPS) is 10.3. The molecule has 4 nitrogen and oxygen atoms in total. The van der Waals surface area contributed by atoms with Gasteiger partial charge in [0.1, 0.15) is 0 Å². The van der Waals surface area contributed by atoms with Gasteiger partial charge in [0.25, 0.3) is 5.91 Å². The number of carbonyl (C=O) groups excluding carboxylic acids is 1. The van der Waals surface area contributed by atoms with Gasteiger partial charge in [-0.1, -0.05) is 32.0 Å². The summed E-state index contributed by atoms with van der Waals surface area (Å²) in [5, 5.41) is 2.94. The van der Waals surface area contributed by atoms with Crippen LogP contribution in [0.4, 0.5) is 5.69 Å². The molecule has 0 fully saturated rings. The van der Waals surface area contributed by atoms with Gasteiger partial charge < -0.3 is 14.8 Å². The summed E-state index contributed by atoms with van der Waals surface area (Å²) >= 11 is 0. The largest absolute Gasteiger partial charge is 0.490 e. The topological polar surface area (TPSA) is 47.6 Å². The zero-order valence-electron chi connectivity index (χ0n) is 14.6. The van der Waals surface area contributed by atoms with E-state index in [1.54, 1.807) is 18.2 Å². The standard InChI is InChI=1S/C20H25NO3/c1-4-12-23-18-11-10-16(14-19(18)24-13-5-2)20(22)21-17-9-7-6-8-15(17)3/h6-11,14H,4-5,12-13H2,1-3H3,(H,21,22). The van der Waals surface area contributed by atoms with Gasteiger partial charge in [-0.2, -0.15) is 0 Å². The lowest BCUT2D eigenvalue weighted by atomic mass is 10.1. The van der Waals surface area contributed by atoms with E-state index < -0.39 is 0 Å². The van der Waals surface area contributed by atoms with Crippen LogP contribution in [-0.4, -0.2) is 19.1 Å². The van der Waals surface area contributed by atoms with Crippen molar-refractivity contribution in [1.82, 2.24) is 0 Å². The molecule has 0 aliphatic heterocycles. The number of hydrogen-bond acceptors (Lipinski definition) is 3. The number of ether oxygens (including phenoxy) is 2. The van der Waals surface area contributed by atoms with Crippen molar-refractivity contribution in [3.05, 3.63) is 53.6 Å². The van der Waals surface area contributed by atoms with Crippen molar-refractivity contribution in [2.75, 3.05) is 18.5 Å². The predicted octanol–water partition coefficient (Wildman–Crippen LogP) is 4.82. The van der Waals surface area contributed by atoms with Crippen LogP contribution in [0.25, 0.3) is 0 Å². The van der Waals surface area contributed by atoms with Crippen LogP contribution in [0.1, 0.15) is 42.6 Å². The van der Waals surface area contributed by atoms with E-state index in [1.807, 2.05) is 38.1 Å². The number of benzene rings is 2. The highest BCUT2D eigenvalue weighted by Gasteiger charge is 2.12. The molecule has 0 heterocycles. The number of rotatable bonds is 8. The molecule has 0 aliphatic rings. The number of amides is 1. The Labute approximate surface area is 143 Å². The molecule has 0 atom stereocenters. The second-order valence-electron chi connectivity index (χ2n) is 5.63. The zero-order chi connectivity index (χ0) is 17.4. The Bertz CT molecular complexity index is 682. The third kappa shape index (κ3) is 4.75. The SMILES string of the molecule is CCCOc1ccc(C(=O)Nc2ccccc2C)cc1OCCC. The smallest absolute Gasteiger partial charge is 0.255 e. The van der Waals surface area contributed by atoms with Crippen LogP contribution < -0.4 is 14.8 Å². The van der Waals surface area contributed by atoms with Crippen molar-refractivity contribution >= 4 is 11.6 Å². The summed E-state index contributed by atoms with van der Waals surface area (Å²) in [6.07, 6.45) is 1.82. The van der Waals surface area contributed by atoms with E-state index in [9.17, 15) is 4.79 Å². The van der Waals surface area contributed by atoms with Gasteiger partial charge in [-0.15, -0.1) is 0 Å². The maximum atomic E-state index is 12.5. The minimum absolute atomic E-state index is 0.160. The van der Waals surface area contributed by atoms with Gasteiger partial charge in [0.05, 0.1) is 13.2 Å². The molecular formula is C20H25NO3. The summed E-state index contributed by atoms with van der Waals surface area (Å²) in [6.45, 7) is 7.27. The Hall–Kier alpha value is -2.49. The molecule has 0 unspecified atom stereocenters. The van der Waals surface area contributed by atoms with Crippen molar-refractivity contribution in [3.8, 4) is 11.5 Å². The number of nitrogens with one attached hydrogen (secondary N) is 1. The first-order chi connectivity index (χ1) is 11.7. The van der Waals surface area contributed by atoms with Crippen LogP contribution in [0.5, 0.6) is 11.5 Å². The highest BCUT2D eigenvalue weighted by molar-refractivity contribution is 6.05. The molecule has 0 saturated carbocycles. The molecule has 2 aromatic carbocycles. The Morgan fingerprint density at radius 3 is 2.29 bits per heavy atom. The summed E-state index contributed by atoms with van der Waals surface area (Å²) in [5.41, 5.74) is 2.38. The van der Waals surface area contributed by atoms with Gasteiger partial charge in [-0.3, -0.25) is 4.79 Å².